The number of hydrogen-bond donors (Lipinski definition) is 2. The lowest BCUT2D eigenvalue weighted by Crippen LogP contribution is -2.35. The van der Waals surface area contributed by atoms with Crippen molar-refractivity contribution < 1.29 is 27.9 Å². The fourth-order valence-electron chi connectivity index (χ4n) is 5.38. The van der Waals surface area contributed by atoms with Crippen LogP contribution in [0.2, 0.25) is 0 Å². The van der Waals surface area contributed by atoms with Crippen LogP contribution >= 0.6 is 0 Å². The summed E-state index contributed by atoms with van der Waals surface area (Å²) in [4.78, 5) is 32.5. The first-order chi connectivity index (χ1) is 19.1. The number of aromatic nitrogens is 3. The maximum atomic E-state index is 12.5. The number of alkyl halides is 3. The number of fused-ring (bicyclic) bond motifs is 1. The summed E-state index contributed by atoms with van der Waals surface area (Å²) in [6, 6.07) is 8.94. The molecule has 12 heteroatoms. The van der Waals surface area contributed by atoms with Crippen molar-refractivity contribution in [2.75, 3.05) is 38.5 Å². The lowest BCUT2D eigenvalue weighted by molar-refractivity contribution is -0.148. The summed E-state index contributed by atoms with van der Waals surface area (Å²) in [6.45, 7) is 2.39. The molecule has 40 heavy (non-hydrogen) atoms. The van der Waals surface area contributed by atoms with Crippen molar-refractivity contribution in [3.8, 4) is 0 Å². The van der Waals surface area contributed by atoms with Gasteiger partial charge in [0.15, 0.2) is 5.65 Å². The van der Waals surface area contributed by atoms with Gasteiger partial charge >= 0.3 is 12.1 Å². The molecule has 0 atom stereocenters. The van der Waals surface area contributed by atoms with E-state index in [9.17, 15) is 27.9 Å². The van der Waals surface area contributed by atoms with Crippen LogP contribution in [0.1, 0.15) is 59.5 Å². The summed E-state index contributed by atoms with van der Waals surface area (Å²) in [5.74, 6) is -0.946. The van der Waals surface area contributed by atoms with Gasteiger partial charge < -0.3 is 20.2 Å². The molecule has 0 bridgehead atoms. The maximum absolute atomic E-state index is 12.5. The van der Waals surface area contributed by atoms with E-state index in [2.05, 4.69) is 27.3 Å². The predicted octanol–water partition coefficient (Wildman–Crippen LogP) is 4.94. The molecule has 0 aliphatic carbocycles. The number of hydrogen-bond acceptors (Lipinski definition) is 6. The van der Waals surface area contributed by atoms with Crippen LogP contribution in [-0.4, -0.2) is 80.8 Å². The monoisotopic (exact) mass is 556 g/mol. The van der Waals surface area contributed by atoms with Gasteiger partial charge in [-0.2, -0.15) is 18.2 Å². The number of nitrogens with one attached hydrogen (secondary N) is 1. The van der Waals surface area contributed by atoms with Crippen molar-refractivity contribution in [3.05, 3.63) is 59.3 Å². The highest BCUT2D eigenvalue weighted by Crippen LogP contribution is 2.33. The number of nitrogens with zero attached hydrogens (tertiary/aromatic N) is 5. The van der Waals surface area contributed by atoms with Gasteiger partial charge in [0.2, 0.25) is 11.9 Å². The molecule has 2 aromatic heterocycles. The zero-order chi connectivity index (χ0) is 28.4. The van der Waals surface area contributed by atoms with E-state index < -0.39 is 30.9 Å². The Morgan fingerprint density at radius 2 is 1.93 bits per heavy atom. The van der Waals surface area contributed by atoms with Gasteiger partial charge in [-0.3, -0.25) is 4.79 Å². The fourth-order valence-corrected chi connectivity index (χ4v) is 5.38. The zero-order valence-corrected chi connectivity index (χ0v) is 22.1. The molecule has 0 spiro atoms. The number of carbonyl (C=O) groups excluding carboxylic acids is 1. The van der Waals surface area contributed by atoms with Crippen molar-refractivity contribution in [1.82, 2.24) is 24.4 Å². The summed E-state index contributed by atoms with van der Waals surface area (Å²) >= 11 is 0. The number of rotatable bonds is 7. The molecule has 2 aliphatic rings. The van der Waals surface area contributed by atoms with Gasteiger partial charge in [-0.15, -0.1) is 5.10 Å². The van der Waals surface area contributed by atoms with Crippen LogP contribution in [0.25, 0.3) is 11.2 Å². The number of carboxylic acids is 1. The predicted molar refractivity (Wildman–Crippen MR) is 144 cm³/mol. The van der Waals surface area contributed by atoms with Crippen molar-refractivity contribution in [2.45, 2.75) is 44.2 Å². The van der Waals surface area contributed by atoms with Gasteiger partial charge in [0.25, 0.3) is 0 Å². The van der Waals surface area contributed by atoms with Gasteiger partial charge in [-0.05, 0) is 86.8 Å². The van der Waals surface area contributed by atoms with Crippen LogP contribution < -0.4 is 5.32 Å². The number of anilines is 2. The van der Waals surface area contributed by atoms with Crippen LogP contribution in [0.4, 0.5) is 24.8 Å². The van der Waals surface area contributed by atoms with Crippen LogP contribution in [0, 0.1) is 0 Å². The highest BCUT2D eigenvalue weighted by Gasteiger charge is 2.30. The molecule has 0 radical (unpaired) electrons. The lowest BCUT2D eigenvalue weighted by atomic mass is 9.86. The van der Waals surface area contributed by atoms with Crippen LogP contribution in [0.15, 0.2) is 42.6 Å². The number of amides is 1. The second kappa shape index (κ2) is 11.3. The van der Waals surface area contributed by atoms with Crippen LogP contribution in [0.3, 0.4) is 0 Å². The number of pyridine rings is 1. The van der Waals surface area contributed by atoms with E-state index in [1.165, 1.54) is 4.90 Å². The molecule has 1 amide bonds. The Hall–Kier alpha value is -3.93. The van der Waals surface area contributed by atoms with Gasteiger partial charge in [-0.1, -0.05) is 6.08 Å². The Balaban J connectivity index is 1.34. The number of benzene rings is 1. The minimum atomic E-state index is -4.35. The number of carbonyl (C=O) groups is 2. The summed E-state index contributed by atoms with van der Waals surface area (Å²) < 4.78 is 39.1. The second-order valence-electron chi connectivity index (χ2n) is 10.4. The molecular weight excluding hydrogens is 525 g/mol. The minimum absolute atomic E-state index is 0.155. The first-order valence-electron chi connectivity index (χ1n) is 13.3. The van der Waals surface area contributed by atoms with E-state index in [0.29, 0.717) is 35.8 Å². The first kappa shape index (κ1) is 27.6. The molecule has 0 unspecified atom stereocenters. The summed E-state index contributed by atoms with van der Waals surface area (Å²) in [5, 5.41) is 17.5. The standard InChI is InChI=1S/C28H31F3N6O3/c1-35-13-7-19(8-14-35)23-17-20(4-5-22(23)26(39)40)32-27-33-25-21(3-2-12-37(25)34-27)18-9-15-36(16-10-18)24(38)6-11-28(29,30)31/h2-5,9,12,17,19H,6-8,10-11,13-16H2,1H3,(H,32,34)(H,39,40). The van der Waals surface area contributed by atoms with E-state index in [0.717, 1.165) is 42.6 Å². The Morgan fingerprint density at radius 1 is 1.15 bits per heavy atom. The average molecular weight is 557 g/mol. The number of piperidine rings is 1. The number of halogens is 3. The molecule has 0 saturated carbocycles. The quantitative estimate of drug-likeness (QED) is 0.425. The molecule has 2 N–H and O–H groups in total. The van der Waals surface area contributed by atoms with E-state index in [4.69, 9.17) is 0 Å². The molecule has 4 heterocycles. The largest absolute Gasteiger partial charge is 0.478 e. The van der Waals surface area contributed by atoms with E-state index in [1.54, 1.807) is 22.8 Å². The SMILES string of the molecule is CN1CCC(c2cc(Nc3nc4c(C5=CCN(C(=O)CCC(F)(F)F)CC5)cccn4n3)ccc2C(=O)O)CC1. The Morgan fingerprint density at radius 3 is 2.60 bits per heavy atom. The molecule has 2 aliphatic heterocycles. The van der Waals surface area contributed by atoms with E-state index >= 15 is 0 Å². The summed E-state index contributed by atoms with van der Waals surface area (Å²) in [6.07, 6.45) is -0.138. The number of aromatic carboxylic acids is 1. The summed E-state index contributed by atoms with van der Waals surface area (Å²) in [7, 11) is 2.06. The molecule has 1 aromatic carbocycles. The third-order valence-electron chi connectivity index (χ3n) is 7.59. The normalized spacial score (nSPS) is 17.2. The maximum Gasteiger partial charge on any atom is 0.389 e. The molecule has 9 nitrogen and oxygen atoms in total. The highest BCUT2D eigenvalue weighted by molar-refractivity contribution is 5.90. The Bertz CT molecular complexity index is 1440. The van der Waals surface area contributed by atoms with Gasteiger partial charge in [0, 0.05) is 37.0 Å². The molecule has 1 fully saturated rings. The van der Waals surface area contributed by atoms with E-state index in [1.807, 2.05) is 24.3 Å². The topological polar surface area (TPSA) is 103 Å². The van der Waals surface area contributed by atoms with E-state index in [-0.39, 0.29) is 12.5 Å². The molecule has 5 rings (SSSR count). The third kappa shape index (κ3) is 6.27. The summed E-state index contributed by atoms with van der Waals surface area (Å²) in [5.41, 5.74) is 4.18. The van der Waals surface area contributed by atoms with Crippen LogP contribution in [-0.2, 0) is 4.79 Å². The Kier molecular flexibility index (Phi) is 7.79. The van der Waals surface area contributed by atoms with Crippen molar-refractivity contribution >= 4 is 34.7 Å². The van der Waals surface area contributed by atoms with Crippen molar-refractivity contribution in [1.29, 1.82) is 0 Å². The third-order valence-corrected chi connectivity index (χ3v) is 7.59. The first-order valence-corrected chi connectivity index (χ1v) is 13.3. The second-order valence-corrected chi connectivity index (χ2v) is 10.4. The highest BCUT2D eigenvalue weighted by atomic mass is 19.4. The lowest BCUT2D eigenvalue weighted by Gasteiger charge is -2.30. The molecule has 3 aromatic rings. The molecule has 1 saturated heterocycles. The van der Waals surface area contributed by atoms with Gasteiger partial charge in [-0.25, -0.2) is 9.31 Å². The van der Waals surface area contributed by atoms with Crippen molar-refractivity contribution in [2.24, 2.45) is 0 Å². The smallest absolute Gasteiger partial charge is 0.389 e. The number of carboxylic acid groups (broad SMARTS) is 1. The van der Waals surface area contributed by atoms with Crippen LogP contribution in [0.5, 0.6) is 0 Å². The number of likely N-dealkylation sites (tertiary alicyclic amines) is 1. The fraction of sp³-hybridized carbons (Fsp3) is 0.429. The average Bonchev–Trinajstić information content (AvgIpc) is 3.34. The Labute approximate surface area is 229 Å². The van der Waals surface area contributed by atoms with Gasteiger partial charge in [0.05, 0.1) is 12.0 Å². The molecular formula is C28H31F3N6O3. The minimum Gasteiger partial charge on any atom is -0.478 e. The van der Waals surface area contributed by atoms with Crippen molar-refractivity contribution in [3.63, 3.8) is 0 Å². The zero-order valence-electron chi connectivity index (χ0n) is 22.1. The van der Waals surface area contributed by atoms with Gasteiger partial charge in [0.1, 0.15) is 0 Å². The molecule has 212 valence electrons.